The Morgan fingerprint density at radius 3 is 2.62 bits per heavy atom. The fourth-order valence-electron chi connectivity index (χ4n) is 4.64. The third-order valence-electron chi connectivity index (χ3n) is 5.93. The molecule has 1 spiro atoms. The number of aliphatic hydroxyl groups excluding tert-OH is 1. The van der Waals surface area contributed by atoms with Crippen LogP contribution >= 0.6 is 0 Å². The molecular weight excluding hydrogens is 258 g/mol. The molecule has 1 saturated carbocycles. The molecule has 2 unspecified atom stereocenters. The van der Waals surface area contributed by atoms with Crippen molar-refractivity contribution in [3.05, 3.63) is 41.5 Å². The second-order valence-electron chi connectivity index (χ2n) is 7.03. The zero-order valence-corrected chi connectivity index (χ0v) is 12.7. The number of allylic oxidation sites excluding steroid dienone is 1. The predicted molar refractivity (Wildman–Crippen MR) is 86.2 cm³/mol. The van der Waals surface area contributed by atoms with Gasteiger partial charge in [0.2, 0.25) is 0 Å². The van der Waals surface area contributed by atoms with E-state index in [1.165, 1.54) is 43.2 Å². The molecule has 1 heterocycles. The van der Waals surface area contributed by atoms with Gasteiger partial charge in [0, 0.05) is 11.5 Å². The summed E-state index contributed by atoms with van der Waals surface area (Å²) in [6, 6.07) is 9.26. The monoisotopic (exact) mass is 283 g/mol. The summed E-state index contributed by atoms with van der Waals surface area (Å²) in [5, 5.41) is 10.3. The first-order chi connectivity index (χ1) is 10.3. The van der Waals surface area contributed by atoms with Gasteiger partial charge in [-0.05, 0) is 49.9 Å². The lowest BCUT2D eigenvalue weighted by Gasteiger charge is -2.45. The second kappa shape index (κ2) is 5.26. The van der Waals surface area contributed by atoms with E-state index in [4.69, 9.17) is 0 Å². The van der Waals surface area contributed by atoms with E-state index in [1.54, 1.807) is 0 Å². The minimum absolute atomic E-state index is 0.0980. The molecule has 1 aromatic carbocycles. The maximum absolute atomic E-state index is 10.3. The molecule has 3 aliphatic rings. The number of nitrogens with zero attached hydrogens (tertiary/aromatic N) is 1. The van der Waals surface area contributed by atoms with Crippen LogP contribution in [0.15, 0.2) is 30.3 Å². The summed E-state index contributed by atoms with van der Waals surface area (Å²) in [7, 11) is 0. The van der Waals surface area contributed by atoms with E-state index in [-0.39, 0.29) is 11.5 Å². The van der Waals surface area contributed by atoms with Crippen molar-refractivity contribution in [1.29, 1.82) is 0 Å². The third-order valence-corrected chi connectivity index (χ3v) is 5.93. The fourth-order valence-corrected chi connectivity index (χ4v) is 4.64. The largest absolute Gasteiger partial charge is 0.391 e. The van der Waals surface area contributed by atoms with Crippen LogP contribution in [0.4, 0.5) is 0 Å². The number of piperidine rings is 1. The van der Waals surface area contributed by atoms with E-state index in [2.05, 4.69) is 41.3 Å². The Kier molecular flexibility index (Phi) is 3.39. The average Bonchev–Trinajstić information content (AvgIpc) is 2.88. The van der Waals surface area contributed by atoms with Gasteiger partial charge in [-0.3, -0.25) is 4.90 Å². The van der Waals surface area contributed by atoms with Gasteiger partial charge in [-0.15, -0.1) is 0 Å². The number of aliphatic hydroxyl groups is 1. The van der Waals surface area contributed by atoms with Gasteiger partial charge in [-0.25, -0.2) is 0 Å². The number of benzene rings is 1. The lowest BCUT2D eigenvalue weighted by Crippen LogP contribution is -2.51. The zero-order chi connectivity index (χ0) is 14.3. The summed E-state index contributed by atoms with van der Waals surface area (Å²) >= 11 is 0. The predicted octanol–water partition coefficient (Wildman–Crippen LogP) is 3.35. The Balaban J connectivity index is 1.49. The number of fused-ring (bicyclic) bond motifs is 2. The van der Waals surface area contributed by atoms with Crippen LogP contribution in [0.5, 0.6) is 0 Å². The van der Waals surface area contributed by atoms with E-state index in [1.807, 2.05) is 0 Å². The van der Waals surface area contributed by atoms with Crippen LogP contribution in [0.2, 0.25) is 0 Å². The molecule has 1 aromatic rings. The summed E-state index contributed by atoms with van der Waals surface area (Å²) in [5.41, 5.74) is 3.20. The number of hydrogen-bond donors (Lipinski definition) is 1. The van der Waals surface area contributed by atoms with Crippen molar-refractivity contribution >= 4 is 6.08 Å². The fraction of sp³-hybridized carbons (Fsp3) is 0.579. The van der Waals surface area contributed by atoms with Crippen molar-refractivity contribution in [3.8, 4) is 0 Å². The zero-order valence-electron chi connectivity index (χ0n) is 12.7. The SMILES string of the molecule is OC1CCCCC1N1CCC2(C=Cc3ccccc32)CC1. The maximum atomic E-state index is 10.3. The molecule has 2 nitrogen and oxygen atoms in total. The van der Waals surface area contributed by atoms with Crippen LogP contribution in [0.1, 0.15) is 49.7 Å². The van der Waals surface area contributed by atoms with E-state index in [0.29, 0.717) is 6.04 Å². The summed E-state index contributed by atoms with van der Waals surface area (Å²) in [6.07, 6.45) is 11.7. The van der Waals surface area contributed by atoms with Gasteiger partial charge in [0.25, 0.3) is 0 Å². The van der Waals surface area contributed by atoms with Crippen LogP contribution in [-0.2, 0) is 5.41 Å². The number of likely N-dealkylation sites (tertiary alicyclic amines) is 1. The Bertz CT molecular complexity index is 542. The first-order valence-electron chi connectivity index (χ1n) is 8.49. The van der Waals surface area contributed by atoms with E-state index in [0.717, 1.165) is 19.5 Å². The molecule has 112 valence electrons. The highest BCUT2D eigenvalue weighted by molar-refractivity contribution is 5.65. The summed E-state index contributed by atoms with van der Waals surface area (Å²) in [6.45, 7) is 2.25. The molecule has 2 atom stereocenters. The normalized spacial score (nSPS) is 31.5. The van der Waals surface area contributed by atoms with Gasteiger partial charge in [0.1, 0.15) is 0 Å². The molecule has 2 fully saturated rings. The number of rotatable bonds is 1. The third kappa shape index (κ3) is 2.25. The van der Waals surface area contributed by atoms with Crippen LogP contribution in [-0.4, -0.2) is 35.2 Å². The lowest BCUT2D eigenvalue weighted by molar-refractivity contribution is 0.00392. The molecule has 0 aromatic heterocycles. The number of hydrogen-bond acceptors (Lipinski definition) is 2. The summed E-state index contributed by atoms with van der Waals surface area (Å²) in [5.74, 6) is 0. The first kappa shape index (κ1) is 13.5. The molecule has 21 heavy (non-hydrogen) atoms. The Morgan fingerprint density at radius 2 is 1.81 bits per heavy atom. The average molecular weight is 283 g/mol. The van der Waals surface area contributed by atoms with Crippen molar-refractivity contribution in [2.24, 2.45) is 0 Å². The van der Waals surface area contributed by atoms with Gasteiger partial charge >= 0.3 is 0 Å². The van der Waals surface area contributed by atoms with Gasteiger partial charge < -0.3 is 5.11 Å². The van der Waals surface area contributed by atoms with Gasteiger partial charge in [0.15, 0.2) is 0 Å². The Hall–Kier alpha value is -1.12. The minimum atomic E-state index is -0.0980. The molecule has 0 radical (unpaired) electrons. The van der Waals surface area contributed by atoms with Crippen LogP contribution in [0, 0.1) is 0 Å². The summed E-state index contributed by atoms with van der Waals surface area (Å²) in [4.78, 5) is 2.56. The molecular formula is C19H25NO. The quantitative estimate of drug-likeness (QED) is 0.854. The highest BCUT2D eigenvalue weighted by Gasteiger charge is 2.40. The van der Waals surface area contributed by atoms with Gasteiger partial charge in [-0.1, -0.05) is 49.3 Å². The van der Waals surface area contributed by atoms with Crippen molar-refractivity contribution in [2.45, 2.75) is 56.1 Å². The standard InChI is InChI=1S/C19H25NO/c21-18-8-4-3-7-17(18)20-13-11-19(12-14-20)10-9-15-5-1-2-6-16(15)19/h1-2,5-6,9-10,17-18,21H,3-4,7-8,11-14H2. The molecule has 1 aliphatic heterocycles. The smallest absolute Gasteiger partial charge is 0.0695 e. The highest BCUT2D eigenvalue weighted by Crippen LogP contribution is 2.44. The van der Waals surface area contributed by atoms with E-state index in [9.17, 15) is 5.11 Å². The highest BCUT2D eigenvalue weighted by atomic mass is 16.3. The van der Waals surface area contributed by atoms with Crippen LogP contribution in [0.3, 0.4) is 0 Å². The van der Waals surface area contributed by atoms with Crippen molar-refractivity contribution in [2.75, 3.05) is 13.1 Å². The molecule has 2 aliphatic carbocycles. The van der Waals surface area contributed by atoms with E-state index < -0.39 is 0 Å². The maximum Gasteiger partial charge on any atom is 0.0695 e. The van der Waals surface area contributed by atoms with Crippen molar-refractivity contribution in [1.82, 2.24) is 4.90 Å². The minimum Gasteiger partial charge on any atom is -0.391 e. The summed E-state index contributed by atoms with van der Waals surface area (Å²) < 4.78 is 0. The molecule has 1 saturated heterocycles. The van der Waals surface area contributed by atoms with Crippen LogP contribution in [0.25, 0.3) is 6.08 Å². The molecule has 4 rings (SSSR count). The Morgan fingerprint density at radius 1 is 1.05 bits per heavy atom. The molecule has 0 amide bonds. The van der Waals surface area contributed by atoms with Crippen LogP contribution < -0.4 is 0 Å². The van der Waals surface area contributed by atoms with Gasteiger partial charge in [-0.2, -0.15) is 0 Å². The topological polar surface area (TPSA) is 23.5 Å². The van der Waals surface area contributed by atoms with Crippen molar-refractivity contribution < 1.29 is 5.11 Å². The second-order valence-corrected chi connectivity index (χ2v) is 7.03. The Labute approximate surface area is 127 Å². The van der Waals surface area contributed by atoms with Crippen molar-refractivity contribution in [3.63, 3.8) is 0 Å². The molecule has 1 N–H and O–H groups in total. The van der Waals surface area contributed by atoms with E-state index >= 15 is 0 Å². The first-order valence-corrected chi connectivity index (χ1v) is 8.49. The molecule has 0 bridgehead atoms. The molecule has 2 heteroatoms. The lowest BCUT2D eigenvalue weighted by atomic mass is 9.74. The van der Waals surface area contributed by atoms with Gasteiger partial charge in [0.05, 0.1) is 6.10 Å².